The molecule has 5 atom stereocenters. The van der Waals surface area contributed by atoms with Crippen LogP contribution in [0.1, 0.15) is 79.7 Å². The Morgan fingerprint density at radius 1 is 1.09 bits per heavy atom. The molecule has 5 nitrogen and oxygen atoms in total. The summed E-state index contributed by atoms with van der Waals surface area (Å²) in [6.07, 6.45) is 3.91. The standard InChI is InChI=1S/C27H43NO4/c1-18(2)23-14-13-19(3)15-24(23)31-25(29)20(4)16-22(17-21-11-9-8-10-12-21)28-26(30)32-27(5,6)7/h8-12,18-20,22-24H,13-17H2,1-7H3,(H,28,30)/t19-,20+,22-,23+,24-/m1/s1. The van der Waals surface area contributed by atoms with Gasteiger partial charge >= 0.3 is 12.1 Å². The summed E-state index contributed by atoms with van der Waals surface area (Å²) in [7, 11) is 0. The number of amides is 1. The third kappa shape index (κ3) is 8.84. The second-order valence-electron chi connectivity index (χ2n) is 11.0. The Morgan fingerprint density at radius 2 is 1.75 bits per heavy atom. The third-order valence-electron chi connectivity index (χ3n) is 6.32. The molecule has 0 unspecified atom stereocenters. The molecule has 0 saturated heterocycles. The highest BCUT2D eigenvalue weighted by Gasteiger charge is 2.34. The molecule has 1 fully saturated rings. The van der Waals surface area contributed by atoms with E-state index in [1.165, 1.54) is 6.42 Å². The van der Waals surface area contributed by atoms with Gasteiger partial charge in [-0.1, -0.05) is 64.4 Å². The van der Waals surface area contributed by atoms with Crippen LogP contribution in [0, 0.1) is 23.7 Å². The molecule has 1 aliphatic carbocycles. The summed E-state index contributed by atoms with van der Waals surface area (Å²) in [6.45, 7) is 14.1. The Morgan fingerprint density at radius 3 is 2.34 bits per heavy atom. The van der Waals surface area contributed by atoms with Crippen LogP contribution in [-0.4, -0.2) is 29.8 Å². The molecule has 0 aliphatic heterocycles. The molecule has 0 spiro atoms. The van der Waals surface area contributed by atoms with Crippen molar-refractivity contribution >= 4 is 12.1 Å². The predicted octanol–water partition coefficient (Wildman–Crippen LogP) is 6.15. The van der Waals surface area contributed by atoms with Crippen molar-refractivity contribution in [2.45, 2.75) is 98.3 Å². The topological polar surface area (TPSA) is 64.6 Å². The first-order valence-corrected chi connectivity index (χ1v) is 12.2. The maximum absolute atomic E-state index is 13.0. The summed E-state index contributed by atoms with van der Waals surface area (Å²) in [5, 5.41) is 2.98. The van der Waals surface area contributed by atoms with Gasteiger partial charge in [-0.05, 0) is 69.8 Å². The maximum Gasteiger partial charge on any atom is 0.407 e. The summed E-state index contributed by atoms with van der Waals surface area (Å²) in [5.41, 5.74) is 0.533. The molecule has 0 radical (unpaired) electrons. The number of hydrogen-bond donors (Lipinski definition) is 1. The summed E-state index contributed by atoms with van der Waals surface area (Å²) >= 11 is 0. The average Bonchev–Trinajstić information content (AvgIpc) is 2.66. The lowest BCUT2D eigenvalue weighted by Gasteiger charge is -2.37. The molecule has 1 aromatic carbocycles. The van der Waals surface area contributed by atoms with Crippen LogP contribution >= 0.6 is 0 Å². The lowest BCUT2D eigenvalue weighted by molar-refractivity contribution is -0.160. The van der Waals surface area contributed by atoms with E-state index in [1.54, 1.807) is 0 Å². The van der Waals surface area contributed by atoms with Crippen molar-refractivity contribution in [1.82, 2.24) is 5.32 Å². The smallest absolute Gasteiger partial charge is 0.407 e. The van der Waals surface area contributed by atoms with Crippen LogP contribution in [0.25, 0.3) is 0 Å². The SMILES string of the molecule is CC(C)[C@@H]1CC[C@@H](C)C[C@H]1OC(=O)[C@@H](C)C[C@H](Cc1ccccc1)NC(=O)OC(C)(C)C. The molecular weight excluding hydrogens is 402 g/mol. The van der Waals surface area contributed by atoms with Crippen molar-refractivity contribution in [3.63, 3.8) is 0 Å². The summed E-state index contributed by atoms with van der Waals surface area (Å²) in [5.74, 6) is 1.01. The number of carbonyl (C=O) groups excluding carboxylic acids is 2. The van der Waals surface area contributed by atoms with E-state index >= 15 is 0 Å². The molecular formula is C27H43NO4. The Bertz CT molecular complexity index is 725. The maximum atomic E-state index is 13.0. The Balaban J connectivity index is 2.04. The molecule has 0 aromatic heterocycles. The number of carbonyl (C=O) groups is 2. The monoisotopic (exact) mass is 445 g/mol. The molecule has 1 N–H and O–H groups in total. The van der Waals surface area contributed by atoms with Crippen molar-refractivity contribution in [2.75, 3.05) is 0 Å². The minimum Gasteiger partial charge on any atom is -0.462 e. The minimum atomic E-state index is -0.574. The largest absolute Gasteiger partial charge is 0.462 e. The molecule has 0 bridgehead atoms. The zero-order valence-electron chi connectivity index (χ0n) is 21.0. The number of esters is 1. The summed E-state index contributed by atoms with van der Waals surface area (Å²) in [4.78, 5) is 25.5. The van der Waals surface area contributed by atoms with Gasteiger partial charge in [-0.15, -0.1) is 0 Å². The van der Waals surface area contributed by atoms with Crippen LogP contribution < -0.4 is 5.32 Å². The van der Waals surface area contributed by atoms with E-state index in [0.717, 1.165) is 18.4 Å². The van der Waals surface area contributed by atoms with E-state index in [4.69, 9.17) is 9.47 Å². The quantitative estimate of drug-likeness (QED) is 0.487. The summed E-state index contributed by atoms with van der Waals surface area (Å²) < 4.78 is 11.5. The van der Waals surface area contributed by atoms with Crippen molar-refractivity contribution in [3.05, 3.63) is 35.9 Å². The molecule has 1 aliphatic rings. The second-order valence-corrected chi connectivity index (χ2v) is 11.0. The Labute approximate surface area is 194 Å². The van der Waals surface area contributed by atoms with Gasteiger partial charge in [-0.3, -0.25) is 4.79 Å². The highest BCUT2D eigenvalue weighted by Crippen LogP contribution is 2.35. The van der Waals surface area contributed by atoms with Gasteiger partial charge in [-0.2, -0.15) is 0 Å². The van der Waals surface area contributed by atoms with E-state index in [0.29, 0.717) is 30.6 Å². The van der Waals surface area contributed by atoms with Crippen molar-refractivity contribution in [3.8, 4) is 0 Å². The normalized spacial score (nSPS) is 23.3. The van der Waals surface area contributed by atoms with Gasteiger partial charge in [0.05, 0.1) is 5.92 Å². The fourth-order valence-corrected chi connectivity index (χ4v) is 4.60. The zero-order valence-corrected chi connectivity index (χ0v) is 21.0. The molecule has 1 aromatic rings. The Hall–Kier alpha value is -2.04. The molecule has 32 heavy (non-hydrogen) atoms. The summed E-state index contributed by atoms with van der Waals surface area (Å²) in [6, 6.07) is 9.77. The van der Waals surface area contributed by atoms with Crippen LogP contribution in [0.5, 0.6) is 0 Å². The van der Waals surface area contributed by atoms with Gasteiger partial charge in [0.25, 0.3) is 0 Å². The van der Waals surface area contributed by atoms with E-state index in [-0.39, 0.29) is 24.0 Å². The van der Waals surface area contributed by atoms with Crippen LogP contribution in [0.2, 0.25) is 0 Å². The second kappa shape index (κ2) is 11.7. The predicted molar refractivity (Wildman–Crippen MR) is 128 cm³/mol. The van der Waals surface area contributed by atoms with Crippen molar-refractivity contribution in [1.29, 1.82) is 0 Å². The number of nitrogens with one attached hydrogen (secondary N) is 1. The van der Waals surface area contributed by atoms with Gasteiger partial charge in [0, 0.05) is 6.04 Å². The minimum absolute atomic E-state index is 0.0138. The number of ether oxygens (including phenoxy) is 2. The molecule has 5 heteroatoms. The van der Waals surface area contributed by atoms with Gasteiger partial charge < -0.3 is 14.8 Å². The van der Waals surface area contributed by atoms with Crippen molar-refractivity contribution < 1.29 is 19.1 Å². The zero-order chi connectivity index (χ0) is 23.9. The molecule has 2 rings (SSSR count). The lowest BCUT2D eigenvalue weighted by atomic mass is 9.75. The number of benzene rings is 1. The molecule has 1 amide bonds. The van der Waals surface area contributed by atoms with Crippen molar-refractivity contribution in [2.24, 2.45) is 23.7 Å². The van der Waals surface area contributed by atoms with E-state index in [2.05, 4.69) is 26.1 Å². The van der Waals surface area contributed by atoms with E-state index in [1.807, 2.05) is 58.0 Å². The first-order valence-electron chi connectivity index (χ1n) is 12.2. The van der Waals surface area contributed by atoms with Gasteiger partial charge in [-0.25, -0.2) is 4.79 Å². The lowest BCUT2D eigenvalue weighted by Crippen LogP contribution is -2.42. The van der Waals surface area contributed by atoms with Crippen LogP contribution in [-0.2, 0) is 20.7 Å². The van der Waals surface area contributed by atoms with Crippen LogP contribution in [0.15, 0.2) is 30.3 Å². The van der Waals surface area contributed by atoms with Crippen LogP contribution in [0.4, 0.5) is 4.79 Å². The van der Waals surface area contributed by atoms with Gasteiger partial charge in [0.1, 0.15) is 11.7 Å². The Kier molecular flexibility index (Phi) is 9.60. The fraction of sp³-hybridized carbons (Fsp3) is 0.704. The average molecular weight is 446 g/mol. The molecule has 0 heterocycles. The fourth-order valence-electron chi connectivity index (χ4n) is 4.60. The number of hydrogen-bond acceptors (Lipinski definition) is 4. The molecule has 180 valence electrons. The third-order valence-corrected chi connectivity index (χ3v) is 6.32. The number of rotatable bonds is 8. The highest BCUT2D eigenvalue weighted by molar-refractivity contribution is 5.72. The van der Waals surface area contributed by atoms with Gasteiger partial charge in [0.15, 0.2) is 0 Å². The van der Waals surface area contributed by atoms with Gasteiger partial charge in [0.2, 0.25) is 0 Å². The molecule has 1 saturated carbocycles. The first-order chi connectivity index (χ1) is 14.9. The van der Waals surface area contributed by atoms with Crippen LogP contribution in [0.3, 0.4) is 0 Å². The number of alkyl carbamates (subject to hydrolysis) is 1. The highest BCUT2D eigenvalue weighted by atomic mass is 16.6. The van der Waals surface area contributed by atoms with E-state index < -0.39 is 11.7 Å². The van der Waals surface area contributed by atoms with E-state index in [9.17, 15) is 9.59 Å². The first kappa shape index (κ1) is 26.2.